The van der Waals surface area contributed by atoms with Gasteiger partial charge in [0.05, 0.1) is 17.0 Å². The molecule has 1 N–H and O–H groups in total. The second-order valence-electron chi connectivity index (χ2n) is 6.76. The third kappa shape index (κ3) is 3.87. The lowest BCUT2D eigenvalue weighted by Gasteiger charge is -2.37. The first-order chi connectivity index (χ1) is 12.1. The molecule has 9 nitrogen and oxygen atoms in total. The molecule has 9 heteroatoms. The minimum Gasteiger partial charge on any atom is -0.481 e. The standard InChI is InChI=1S/C17H23N3O6/c1-10(2)19-8-11(3)14(9-18(4)17(22)23)26-15-12(16(19)21)6-5-7-13(15)20(24)25/h5-7,10-11,14H,8-9H2,1-4H3,(H,22,23)/t11-,14+/m1/s1. The van der Waals surface area contributed by atoms with E-state index < -0.39 is 17.1 Å². The van der Waals surface area contributed by atoms with E-state index in [9.17, 15) is 19.7 Å². The van der Waals surface area contributed by atoms with Crippen LogP contribution >= 0.6 is 0 Å². The van der Waals surface area contributed by atoms with Gasteiger partial charge in [0.15, 0.2) is 0 Å². The highest BCUT2D eigenvalue weighted by Gasteiger charge is 2.36. The molecule has 0 saturated carbocycles. The molecule has 0 aromatic heterocycles. The number of nitrogens with zero attached hydrogens (tertiary/aromatic N) is 3. The number of rotatable bonds is 4. The average molecular weight is 365 g/mol. The van der Waals surface area contributed by atoms with Crippen molar-refractivity contribution in [1.29, 1.82) is 0 Å². The van der Waals surface area contributed by atoms with Crippen LogP contribution in [0.2, 0.25) is 0 Å². The van der Waals surface area contributed by atoms with E-state index in [4.69, 9.17) is 9.84 Å². The molecule has 1 aromatic carbocycles. The summed E-state index contributed by atoms with van der Waals surface area (Å²) in [6.45, 7) is 5.95. The third-order valence-electron chi connectivity index (χ3n) is 4.47. The maximum atomic E-state index is 12.9. The van der Waals surface area contributed by atoms with Gasteiger partial charge in [0, 0.05) is 31.6 Å². The lowest BCUT2D eigenvalue weighted by molar-refractivity contribution is -0.386. The summed E-state index contributed by atoms with van der Waals surface area (Å²) in [6.07, 6.45) is -1.76. The molecule has 0 spiro atoms. The van der Waals surface area contributed by atoms with Crippen LogP contribution in [0.15, 0.2) is 18.2 Å². The van der Waals surface area contributed by atoms with Crippen molar-refractivity contribution in [3.8, 4) is 5.75 Å². The fraction of sp³-hybridized carbons (Fsp3) is 0.529. The van der Waals surface area contributed by atoms with E-state index in [2.05, 4.69) is 0 Å². The number of likely N-dealkylation sites (N-methyl/N-ethyl adjacent to an activating group) is 1. The van der Waals surface area contributed by atoms with Gasteiger partial charge in [-0.25, -0.2) is 4.79 Å². The maximum absolute atomic E-state index is 12.9. The smallest absolute Gasteiger partial charge is 0.407 e. The van der Waals surface area contributed by atoms with Crippen molar-refractivity contribution in [3.05, 3.63) is 33.9 Å². The Kier molecular flexibility index (Phi) is 5.69. The van der Waals surface area contributed by atoms with Gasteiger partial charge < -0.3 is 19.6 Å². The first-order valence-electron chi connectivity index (χ1n) is 8.32. The normalized spacial score (nSPS) is 20.0. The number of amides is 2. The van der Waals surface area contributed by atoms with E-state index in [1.165, 1.54) is 25.2 Å². The van der Waals surface area contributed by atoms with Crippen molar-refractivity contribution >= 4 is 17.7 Å². The summed E-state index contributed by atoms with van der Waals surface area (Å²) in [4.78, 5) is 37.6. The maximum Gasteiger partial charge on any atom is 0.407 e. The van der Waals surface area contributed by atoms with E-state index in [1.807, 2.05) is 20.8 Å². The summed E-state index contributed by atoms with van der Waals surface area (Å²) in [5.74, 6) is -0.671. The molecule has 1 aliphatic rings. The Morgan fingerprint density at radius 1 is 1.50 bits per heavy atom. The molecule has 1 aromatic rings. The van der Waals surface area contributed by atoms with E-state index in [-0.39, 0.29) is 41.4 Å². The van der Waals surface area contributed by atoms with Gasteiger partial charge in [-0.1, -0.05) is 13.0 Å². The lowest BCUT2D eigenvalue weighted by Crippen LogP contribution is -2.49. The molecule has 0 radical (unpaired) electrons. The largest absolute Gasteiger partial charge is 0.481 e. The monoisotopic (exact) mass is 365 g/mol. The van der Waals surface area contributed by atoms with E-state index in [0.29, 0.717) is 6.54 Å². The Labute approximate surface area is 151 Å². The fourth-order valence-electron chi connectivity index (χ4n) is 2.90. The summed E-state index contributed by atoms with van der Waals surface area (Å²) in [5.41, 5.74) is -0.195. The number of carbonyl (C=O) groups is 2. The van der Waals surface area contributed by atoms with Crippen molar-refractivity contribution in [1.82, 2.24) is 9.80 Å². The number of hydrogen-bond acceptors (Lipinski definition) is 5. The Balaban J connectivity index is 2.55. The highest BCUT2D eigenvalue weighted by Crippen LogP contribution is 2.35. The van der Waals surface area contributed by atoms with Crippen LogP contribution < -0.4 is 4.74 Å². The number of ether oxygens (including phenoxy) is 1. The zero-order valence-corrected chi connectivity index (χ0v) is 15.2. The highest BCUT2D eigenvalue weighted by molar-refractivity contribution is 5.98. The van der Waals surface area contributed by atoms with Gasteiger partial charge >= 0.3 is 11.8 Å². The topological polar surface area (TPSA) is 113 Å². The van der Waals surface area contributed by atoms with Crippen LogP contribution in [0.4, 0.5) is 10.5 Å². The Bertz CT molecular complexity index is 720. The number of carboxylic acid groups (broad SMARTS) is 1. The molecule has 0 unspecified atom stereocenters. The second kappa shape index (κ2) is 7.59. The Hall–Kier alpha value is -2.84. The summed E-state index contributed by atoms with van der Waals surface area (Å²) in [6, 6.07) is 4.09. The van der Waals surface area contributed by atoms with Crippen LogP contribution in [0.3, 0.4) is 0 Å². The van der Waals surface area contributed by atoms with Crippen LogP contribution in [0.5, 0.6) is 5.75 Å². The number of benzene rings is 1. The van der Waals surface area contributed by atoms with Crippen molar-refractivity contribution < 1.29 is 24.4 Å². The summed E-state index contributed by atoms with van der Waals surface area (Å²) in [7, 11) is 1.41. The summed E-state index contributed by atoms with van der Waals surface area (Å²) >= 11 is 0. The average Bonchev–Trinajstić information content (AvgIpc) is 2.56. The first-order valence-corrected chi connectivity index (χ1v) is 8.32. The SMILES string of the molecule is CC(C)N1C[C@@H](C)[C@H](CN(C)C(=O)O)Oc2c(cccc2[N+](=O)[O-])C1=O. The molecule has 0 saturated heterocycles. The van der Waals surface area contributed by atoms with Gasteiger partial charge in [0.25, 0.3) is 5.91 Å². The molecule has 0 bridgehead atoms. The quantitative estimate of drug-likeness (QED) is 0.648. The molecule has 0 fully saturated rings. The van der Waals surface area contributed by atoms with Crippen LogP contribution in [0, 0.1) is 16.0 Å². The minimum atomic E-state index is -1.12. The third-order valence-corrected chi connectivity index (χ3v) is 4.47. The molecule has 2 rings (SSSR count). The molecular weight excluding hydrogens is 342 g/mol. The van der Waals surface area contributed by atoms with E-state index >= 15 is 0 Å². The molecule has 142 valence electrons. The van der Waals surface area contributed by atoms with Crippen molar-refractivity contribution in [3.63, 3.8) is 0 Å². The number of nitro groups is 1. The van der Waals surface area contributed by atoms with Gasteiger partial charge in [-0.05, 0) is 19.9 Å². The number of para-hydroxylation sites is 1. The second-order valence-corrected chi connectivity index (χ2v) is 6.76. The minimum absolute atomic E-state index is 0.0299. The number of fused-ring (bicyclic) bond motifs is 1. The molecule has 26 heavy (non-hydrogen) atoms. The van der Waals surface area contributed by atoms with Crippen LogP contribution in [0.1, 0.15) is 31.1 Å². The van der Waals surface area contributed by atoms with Gasteiger partial charge in [-0.2, -0.15) is 0 Å². The Morgan fingerprint density at radius 3 is 2.69 bits per heavy atom. The molecule has 2 atom stereocenters. The molecule has 1 heterocycles. The van der Waals surface area contributed by atoms with Crippen molar-refractivity contribution in [2.75, 3.05) is 20.1 Å². The number of hydrogen-bond donors (Lipinski definition) is 1. The van der Waals surface area contributed by atoms with Gasteiger partial charge in [-0.3, -0.25) is 14.9 Å². The molecule has 0 aliphatic carbocycles. The molecule has 1 aliphatic heterocycles. The van der Waals surface area contributed by atoms with Crippen LogP contribution in [0.25, 0.3) is 0 Å². The van der Waals surface area contributed by atoms with Gasteiger partial charge in [0.2, 0.25) is 5.75 Å². The van der Waals surface area contributed by atoms with Crippen molar-refractivity contribution in [2.24, 2.45) is 5.92 Å². The number of carbonyl (C=O) groups excluding carboxylic acids is 1. The van der Waals surface area contributed by atoms with Gasteiger partial charge in [0.1, 0.15) is 6.10 Å². The van der Waals surface area contributed by atoms with E-state index in [0.717, 1.165) is 4.90 Å². The summed E-state index contributed by atoms with van der Waals surface area (Å²) in [5, 5.41) is 20.6. The number of nitro benzene ring substituents is 1. The van der Waals surface area contributed by atoms with E-state index in [1.54, 1.807) is 4.90 Å². The molecular formula is C17H23N3O6. The van der Waals surface area contributed by atoms with Crippen molar-refractivity contribution in [2.45, 2.75) is 32.9 Å². The highest BCUT2D eigenvalue weighted by atomic mass is 16.6. The van der Waals surface area contributed by atoms with Gasteiger partial charge in [-0.15, -0.1) is 0 Å². The predicted molar refractivity (Wildman–Crippen MR) is 93.5 cm³/mol. The lowest BCUT2D eigenvalue weighted by atomic mass is 9.99. The first kappa shape index (κ1) is 19.5. The van der Waals surface area contributed by atoms with Crippen LogP contribution in [-0.2, 0) is 0 Å². The predicted octanol–water partition coefficient (Wildman–Crippen LogP) is 2.45. The zero-order chi connectivity index (χ0) is 19.6. The summed E-state index contributed by atoms with van der Waals surface area (Å²) < 4.78 is 5.87. The Morgan fingerprint density at radius 2 is 2.15 bits per heavy atom. The van der Waals surface area contributed by atoms with Crippen LogP contribution in [-0.4, -0.2) is 64.1 Å². The zero-order valence-electron chi connectivity index (χ0n) is 15.2. The fourth-order valence-corrected chi connectivity index (χ4v) is 2.90. The molecule has 2 amide bonds.